The first-order valence-electron chi connectivity index (χ1n) is 5.65. The third-order valence-electron chi connectivity index (χ3n) is 2.56. The fourth-order valence-electron chi connectivity index (χ4n) is 2.03. The third-order valence-corrected chi connectivity index (χ3v) is 2.56. The molecule has 16 heavy (non-hydrogen) atoms. The second kappa shape index (κ2) is 5.00. The Kier molecular flexibility index (Phi) is 4.74. The van der Waals surface area contributed by atoms with Crippen LogP contribution in [0.25, 0.3) is 0 Å². The van der Waals surface area contributed by atoms with Gasteiger partial charge in [-0.15, -0.1) is 0 Å². The SMILES string of the molecule is C=C(CCN(C(C)(C)C)C(C)(C)C)C(=O)O. The summed E-state index contributed by atoms with van der Waals surface area (Å²) in [5, 5.41) is 8.78. The molecular weight excluding hydrogens is 202 g/mol. The van der Waals surface area contributed by atoms with E-state index in [9.17, 15) is 4.79 Å². The van der Waals surface area contributed by atoms with Crippen LogP contribution in [0.5, 0.6) is 0 Å². The number of hydrogen-bond acceptors (Lipinski definition) is 2. The van der Waals surface area contributed by atoms with Crippen molar-refractivity contribution in [1.82, 2.24) is 4.90 Å². The quantitative estimate of drug-likeness (QED) is 0.751. The van der Waals surface area contributed by atoms with Gasteiger partial charge in [-0.05, 0) is 48.0 Å². The molecule has 0 saturated heterocycles. The Bertz CT molecular complexity index is 255. The number of nitrogens with zero attached hydrogens (tertiary/aromatic N) is 1. The Balaban J connectivity index is 4.60. The number of aliphatic carboxylic acids is 1. The van der Waals surface area contributed by atoms with E-state index in [1.807, 2.05) is 0 Å². The highest BCUT2D eigenvalue weighted by Crippen LogP contribution is 2.25. The molecule has 0 bridgehead atoms. The molecule has 0 aliphatic carbocycles. The lowest BCUT2D eigenvalue weighted by Gasteiger charge is -2.45. The van der Waals surface area contributed by atoms with Gasteiger partial charge in [-0.1, -0.05) is 6.58 Å². The van der Waals surface area contributed by atoms with Crippen LogP contribution in [0.4, 0.5) is 0 Å². The van der Waals surface area contributed by atoms with Crippen LogP contribution in [0.15, 0.2) is 12.2 Å². The van der Waals surface area contributed by atoms with Gasteiger partial charge in [-0.2, -0.15) is 0 Å². The standard InChI is InChI=1S/C13H25NO2/c1-10(11(15)16)8-9-14(12(2,3)4)13(5,6)7/h1,8-9H2,2-7H3,(H,15,16). The molecule has 0 atom stereocenters. The first kappa shape index (κ1) is 15.2. The molecule has 0 unspecified atom stereocenters. The van der Waals surface area contributed by atoms with Crippen LogP contribution < -0.4 is 0 Å². The maximum absolute atomic E-state index is 10.7. The lowest BCUT2D eigenvalue weighted by molar-refractivity contribution is -0.132. The summed E-state index contributed by atoms with van der Waals surface area (Å²) in [4.78, 5) is 13.0. The van der Waals surface area contributed by atoms with Crippen LogP contribution >= 0.6 is 0 Å². The maximum Gasteiger partial charge on any atom is 0.331 e. The van der Waals surface area contributed by atoms with Crippen LogP contribution in [0.1, 0.15) is 48.0 Å². The van der Waals surface area contributed by atoms with Crippen LogP contribution in [0.2, 0.25) is 0 Å². The van der Waals surface area contributed by atoms with Gasteiger partial charge in [0.05, 0.1) is 0 Å². The fraction of sp³-hybridized carbons (Fsp3) is 0.769. The summed E-state index contributed by atoms with van der Waals surface area (Å²) >= 11 is 0. The van der Waals surface area contributed by atoms with Crippen molar-refractivity contribution >= 4 is 5.97 Å². The zero-order valence-electron chi connectivity index (χ0n) is 11.4. The summed E-state index contributed by atoms with van der Waals surface area (Å²) in [5.41, 5.74) is 0.326. The molecule has 0 rings (SSSR count). The molecule has 3 nitrogen and oxygen atoms in total. The van der Waals surface area contributed by atoms with Gasteiger partial charge in [-0.3, -0.25) is 4.90 Å². The second-order valence-corrected chi connectivity index (χ2v) is 6.15. The number of rotatable bonds is 4. The van der Waals surface area contributed by atoms with Gasteiger partial charge in [0.1, 0.15) is 0 Å². The molecule has 1 N–H and O–H groups in total. The van der Waals surface area contributed by atoms with Crippen molar-refractivity contribution < 1.29 is 9.90 Å². The predicted octanol–water partition coefficient (Wildman–Crippen LogP) is 2.92. The van der Waals surface area contributed by atoms with Crippen molar-refractivity contribution in [1.29, 1.82) is 0 Å². The van der Waals surface area contributed by atoms with E-state index in [0.29, 0.717) is 6.42 Å². The van der Waals surface area contributed by atoms with E-state index < -0.39 is 5.97 Å². The van der Waals surface area contributed by atoms with Crippen molar-refractivity contribution in [2.24, 2.45) is 0 Å². The average molecular weight is 227 g/mol. The van der Waals surface area contributed by atoms with Gasteiger partial charge in [0.15, 0.2) is 0 Å². The minimum Gasteiger partial charge on any atom is -0.478 e. The Morgan fingerprint density at radius 2 is 1.50 bits per heavy atom. The largest absolute Gasteiger partial charge is 0.478 e. The molecule has 0 amide bonds. The van der Waals surface area contributed by atoms with E-state index in [2.05, 4.69) is 53.0 Å². The van der Waals surface area contributed by atoms with Crippen molar-refractivity contribution in [2.75, 3.05) is 6.54 Å². The van der Waals surface area contributed by atoms with Crippen molar-refractivity contribution in [3.05, 3.63) is 12.2 Å². The molecule has 0 spiro atoms. The maximum atomic E-state index is 10.7. The molecule has 0 saturated carbocycles. The number of hydrogen-bond donors (Lipinski definition) is 1. The minimum atomic E-state index is -0.900. The molecular formula is C13H25NO2. The molecule has 0 aliphatic heterocycles. The molecule has 0 aromatic carbocycles. The third kappa shape index (κ3) is 4.79. The van der Waals surface area contributed by atoms with Gasteiger partial charge in [0, 0.05) is 23.2 Å². The van der Waals surface area contributed by atoms with Crippen molar-refractivity contribution in [2.45, 2.75) is 59.0 Å². The van der Waals surface area contributed by atoms with Crippen LogP contribution in [-0.4, -0.2) is 33.6 Å². The first-order valence-corrected chi connectivity index (χ1v) is 5.65. The predicted molar refractivity (Wildman–Crippen MR) is 67.6 cm³/mol. The average Bonchev–Trinajstić information content (AvgIpc) is 1.98. The normalized spacial score (nSPS) is 12.9. The Morgan fingerprint density at radius 1 is 1.12 bits per heavy atom. The topological polar surface area (TPSA) is 40.5 Å². The number of carboxylic acids is 1. The summed E-state index contributed by atoms with van der Waals surface area (Å²) in [6.45, 7) is 17.1. The molecule has 0 aromatic heterocycles. The summed E-state index contributed by atoms with van der Waals surface area (Å²) in [6.07, 6.45) is 0.504. The Hall–Kier alpha value is -0.830. The summed E-state index contributed by atoms with van der Waals surface area (Å²) in [7, 11) is 0. The zero-order chi connectivity index (χ0) is 13.1. The van der Waals surface area contributed by atoms with Crippen LogP contribution in [0, 0.1) is 0 Å². The molecule has 0 fully saturated rings. The smallest absolute Gasteiger partial charge is 0.331 e. The molecule has 94 valence electrons. The minimum absolute atomic E-state index is 0.0248. The summed E-state index contributed by atoms with van der Waals surface area (Å²) in [5.74, 6) is -0.900. The van der Waals surface area contributed by atoms with Gasteiger partial charge < -0.3 is 5.11 Å². The zero-order valence-corrected chi connectivity index (χ0v) is 11.4. The fourth-order valence-corrected chi connectivity index (χ4v) is 2.03. The van der Waals surface area contributed by atoms with Crippen LogP contribution in [-0.2, 0) is 4.79 Å². The highest BCUT2D eigenvalue weighted by molar-refractivity contribution is 5.85. The van der Waals surface area contributed by atoms with Gasteiger partial charge in [0.2, 0.25) is 0 Å². The summed E-state index contributed by atoms with van der Waals surface area (Å²) in [6, 6.07) is 0. The van der Waals surface area contributed by atoms with Gasteiger partial charge >= 0.3 is 5.97 Å². The van der Waals surface area contributed by atoms with E-state index >= 15 is 0 Å². The molecule has 0 heterocycles. The summed E-state index contributed by atoms with van der Waals surface area (Å²) < 4.78 is 0. The van der Waals surface area contributed by atoms with Gasteiger partial charge in [-0.25, -0.2) is 4.79 Å². The van der Waals surface area contributed by atoms with Crippen LogP contribution in [0.3, 0.4) is 0 Å². The van der Waals surface area contributed by atoms with Gasteiger partial charge in [0.25, 0.3) is 0 Å². The van der Waals surface area contributed by atoms with E-state index in [4.69, 9.17) is 5.11 Å². The number of carboxylic acid groups (broad SMARTS) is 1. The molecule has 0 radical (unpaired) electrons. The lowest BCUT2D eigenvalue weighted by atomic mass is 9.95. The highest BCUT2D eigenvalue weighted by Gasteiger charge is 2.31. The second-order valence-electron chi connectivity index (χ2n) is 6.15. The van der Waals surface area contributed by atoms with E-state index in [-0.39, 0.29) is 16.7 Å². The highest BCUT2D eigenvalue weighted by atomic mass is 16.4. The van der Waals surface area contributed by atoms with Crippen molar-refractivity contribution in [3.63, 3.8) is 0 Å². The lowest BCUT2D eigenvalue weighted by Crippen LogP contribution is -2.53. The van der Waals surface area contributed by atoms with E-state index in [1.54, 1.807) is 0 Å². The Labute approximate surface area is 99.1 Å². The monoisotopic (exact) mass is 227 g/mol. The molecule has 0 aliphatic rings. The van der Waals surface area contributed by atoms with E-state index in [1.165, 1.54) is 0 Å². The van der Waals surface area contributed by atoms with E-state index in [0.717, 1.165) is 6.54 Å². The number of carbonyl (C=O) groups is 1. The van der Waals surface area contributed by atoms with Crippen molar-refractivity contribution in [3.8, 4) is 0 Å². The first-order chi connectivity index (χ1) is 6.96. The molecule has 3 heteroatoms. The molecule has 0 aromatic rings. The Morgan fingerprint density at radius 3 is 1.75 bits per heavy atom.